The van der Waals surface area contributed by atoms with E-state index in [4.69, 9.17) is 8.83 Å². The van der Waals surface area contributed by atoms with E-state index in [-0.39, 0.29) is 22.2 Å². The monoisotopic (exact) mass is 1040 g/mol. The van der Waals surface area contributed by atoms with Gasteiger partial charge in [0.2, 0.25) is 0 Å². The molecule has 0 unspecified atom stereocenters. The molecule has 0 saturated carbocycles. The van der Waals surface area contributed by atoms with Crippen molar-refractivity contribution < 1.29 is 8.83 Å². The maximum absolute atomic E-state index is 7.15. The Labute approximate surface area is 472 Å². The molecule has 388 valence electrons. The van der Waals surface area contributed by atoms with E-state index in [9.17, 15) is 0 Å². The van der Waals surface area contributed by atoms with Crippen LogP contribution in [-0.4, -0.2) is 0 Å². The number of rotatable bonds is 7. The molecular weight excluding hydrogens is 983 g/mol. The van der Waals surface area contributed by atoms with Crippen molar-refractivity contribution in [3.05, 3.63) is 268 Å². The van der Waals surface area contributed by atoms with Gasteiger partial charge in [-0.2, -0.15) is 0 Å². The minimum Gasteiger partial charge on any atom is -0.455 e. The SMILES string of the molecule is CC1(C)c2cc(N(c3ccc4c(c3)[C@H](CCc3ccccc3)c3ccccc3-4)c3ccc4c(c3)C(C)(C)c3c5c(c6c(oc7ccccc76)c3-4)-c3ccccc3C5(C)C)ccc2-c2c1cc(-c1ccccc1)c1oc3ccccc3c21. The fraction of sp³-hybridized carbons (Fsp3) is 0.154. The second kappa shape index (κ2) is 16.5. The molecule has 2 aromatic heterocycles. The summed E-state index contributed by atoms with van der Waals surface area (Å²) in [5.41, 5.74) is 31.2. The zero-order valence-corrected chi connectivity index (χ0v) is 46.5. The van der Waals surface area contributed by atoms with Crippen LogP contribution >= 0.6 is 0 Å². The van der Waals surface area contributed by atoms with Gasteiger partial charge in [-0.3, -0.25) is 0 Å². The van der Waals surface area contributed by atoms with E-state index in [1.54, 1.807) is 0 Å². The quantitative estimate of drug-likeness (QED) is 0.159. The van der Waals surface area contributed by atoms with Crippen molar-refractivity contribution in [2.75, 3.05) is 4.90 Å². The van der Waals surface area contributed by atoms with Gasteiger partial charge in [-0.15, -0.1) is 0 Å². The summed E-state index contributed by atoms with van der Waals surface area (Å²) in [4.78, 5) is 2.56. The molecule has 81 heavy (non-hydrogen) atoms. The number of aryl methyl sites for hydroxylation is 1. The van der Waals surface area contributed by atoms with Crippen LogP contribution in [0.1, 0.15) is 104 Å². The summed E-state index contributed by atoms with van der Waals surface area (Å²) >= 11 is 0. The second-order valence-corrected chi connectivity index (χ2v) is 25.0. The number of fused-ring (bicyclic) bond motifs is 22. The molecule has 4 aliphatic carbocycles. The Kier molecular flexibility index (Phi) is 9.49. The third-order valence-corrected chi connectivity index (χ3v) is 19.6. The molecule has 3 heteroatoms. The van der Waals surface area contributed by atoms with Crippen LogP contribution in [0.3, 0.4) is 0 Å². The first-order valence-electron chi connectivity index (χ1n) is 29.0. The number of furan rings is 2. The third-order valence-electron chi connectivity index (χ3n) is 19.6. The van der Waals surface area contributed by atoms with Gasteiger partial charge in [0.1, 0.15) is 22.3 Å². The van der Waals surface area contributed by atoms with E-state index in [2.05, 4.69) is 265 Å². The average Bonchev–Trinajstić information content (AvgIpc) is 2.17. The summed E-state index contributed by atoms with van der Waals surface area (Å²) in [6.07, 6.45) is 2.03. The number of benzene rings is 11. The van der Waals surface area contributed by atoms with Crippen LogP contribution in [0.4, 0.5) is 17.1 Å². The zero-order valence-electron chi connectivity index (χ0n) is 46.5. The van der Waals surface area contributed by atoms with Crippen molar-refractivity contribution in [3.8, 4) is 55.6 Å². The van der Waals surface area contributed by atoms with Crippen molar-refractivity contribution in [3.63, 3.8) is 0 Å². The van der Waals surface area contributed by atoms with Crippen molar-refractivity contribution in [2.45, 2.75) is 76.5 Å². The number of para-hydroxylation sites is 2. The smallest absolute Gasteiger partial charge is 0.144 e. The van der Waals surface area contributed by atoms with Crippen LogP contribution in [0.25, 0.3) is 99.5 Å². The fourth-order valence-electron chi connectivity index (χ4n) is 15.9. The Morgan fingerprint density at radius 2 is 0.877 bits per heavy atom. The van der Waals surface area contributed by atoms with Gasteiger partial charge < -0.3 is 13.7 Å². The highest BCUT2D eigenvalue weighted by Crippen LogP contribution is 2.64. The van der Waals surface area contributed by atoms with Gasteiger partial charge in [0.25, 0.3) is 0 Å². The van der Waals surface area contributed by atoms with Gasteiger partial charge in [-0.1, -0.05) is 205 Å². The van der Waals surface area contributed by atoms with Crippen LogP contribution in [0.15, 0.2) is 227 Å². The van der Waals surface area contributed by atoms with Gasteiger partial charge in [-0.05, 0) is 162 Å². The minimum atomic E-state index is -0.373. The third kappa shape index (κ3) is 6.30. The second-order valence-electron chi connectivity index (χ2n) is 25.0. The summed E-state index contributed by atoms with van der Waals surface area (Å²) in [7, 11) is 0. The first kappa shape index (κ1) is 46.7. The molecule has 11 aromatic carbocycles. The van der Waals surface area contributed by atoms with Crippen molar-refractivity contribution in [1.29, 1.82) is 0 Å². The molecule has 0 spiro atoms. The Morgan fingerprint density at radius 1 is 0.370 bits per heavy atom. The molecule has 0 bridgehead atoms. The van der Waals surface area contributed by atoms with Crippen LogP contribution in [0.5, 0.6) is 0 Å². The summed E-state index contributed by atoms with van der Waals surface area (Å²) in [5.74, 6) is 0.256. The molecule has 2 heterocycles. The summed E-state index contributed by atoms with van der Waals surface area (Å²) in [6.45, 7) is 14.6. The lowest BCUT2D eigenvalue weighted by Gasteiger charge is -2.32. The van der Waals surface area contributed by atoms with E-state index in [1.165, 1.54) is 111 Å². The number of nitrogens with zero attached hydrogens (tertiary/aromatic N) is 1. The van der Waals surface area contributed by atoms with Crippen LogP contribution in [-0.2, 0) is 22.7 Å². The highest BCUT2D eigenvalue weighted by atomic mass is 16.3. The van der Waals surface area contributed by atoms with E-state index >= 15 is 0 Å². The Hall–Kier alpha value is -9.18. The van der Waals surface area contributed by atoms with Gasteiger partial charge in [0.05, 0.1) is 0 Å². The molecule has 3 nitrogen and oxygen atoms in total. The number of anilines is 3. The number of hydrogen-bond donors (Lipinski definition) is 0. The molecule has 0 amide bonds. The average molecular weight is 1040 g/mol. The lowest BCUT2D eigenvalue weighted by atomic mass is 9.72. The highest BCUT2D eigenvalue weighted by Gasteiger charge is 2.49. The summed E-state index contributed by atoms with van der Waals surface area (Å²) in [5, 5.41) is 4.74. The summed E-state index contributed by atoms with van der Waals surface area (Å²) in [6, 6.07) is 81.6. The van der Waals surface area contributed by atoms with Gasteiger partial charge in [0, 0.05) is 71.9 Å². The number of hydrogen-bond acceptors (Lipinski definition) is 3. The van der Waals surface area contributed by atoms with Crippen LogP contribution < -0.4 is 4.90 Å². The van der Waals surface area contributed by atoms with Crippen molar-refractivity contribution in [1.82, 2.24) is 0 Å². The predicted molar refractivity (Wildman–Crippen MR) is 336 cm³/mol. The molecule has 0 radical (unpaired) electrons. The zero-order chi connectivity index (χ0) is 54.3. The van der Waals surface area contributed by atoms with Crippen LogP contribution in [0.2, 0.25) is 0 Å². The first-order valence-corrected chi connectivity index (χ1v) is 29.0. The molecule has 17 rings (SSSR count). The van der Waals surface area contributed by atoms with Gasteiger partial charge in [-0.25, -0.2) is 0 Å². The van der Waals surface area contributed by atoms with Crippen molar-refractivity contribution >= 4 is 60.9 Å². The van der Waals surface area contributed by atoms with Gasteiger partial charge >= 0.3 is 0 Å². The fourth-order valence-corrected chi connectivity index (χ4v) is 15.9. The normalized spacial score (nSPS) is 16.0. The summed E-state index contributed by atoms with van der Waals surface area (Å²) < 4.78 is 14.0. The van der Waals surface area contributed by atoms with Gasteiger partial charge in [0.15, 0.2) is 0 Å². The van der Waals surface area contributed by atoms with E-state index in [0.29, 0.717) is 0 Å². The molecule has 13 aromatic rings. The van der Waals surface area contributed by atoms with E-state index in [1.807, 2.05) is 0 Å². The molecule has 0 fully saturated rings. The highest BCUT2D eigenvalue weighted by molar-refractivity contribution is 6.21. The first-order chi connectivity index (χ1) is 39.5. The van der Waals surface area contributed by atoms with Crippen LogP contribution in [0, 0.1) is 0 Å². The Bertz CT molecular complexity index is 4850. The van der Waals surface area contributed by atoms with E-state index < -0.39 is 0 Å². The maximum atomic E-state index is 7.15. The predicted octanol–water partition coefficient (Wildman–Crippen LogP) is 21.3. The lowest BCUT2D eigenvalue weighted by molar-refractivity contribution is 0.600. The molecule has 0 N–H and O–H groups in total. The van der Waals surface area contributed by atoms with E-state index in [0.717, 1.165) is 68.7 Å². The largest absolute Gasteiger partial charge is 0.455 e. The molecule has 0 aliphatic heterocycles. The minimum absolute atomic E-state index is 0.235. The Morgan fingerprint density at radius 3 is 1.59 bits per heavy atom. The molecular formula is C78H59NO2. The molecule has 0 saturated heterocycles. The topological polar surface area (TPSA) is 29.5 Å². The lowest BCUT2D eigenvalue weighted by Crippen LogP contribution is -2.24. The van der Waals surface area contributed by atoms with Crippen molar-refractivity contribution in [2.24, 2.45) is 0 Å². The standard InChI is InChI=1S/C78H59NO2/c1-76(2)62-42-48(35-39-55(62)67-64(76)44-59(46-23-11-8-12-24-46)74-69(67)57-28-16-19-31-65(57)80-74)79(47-34-38-53-51-26-14-13-25-50(51)52(60(53)41-47)37-33-45-21-9-7-10-22-45)49-36-40-56-63(43-49)78(5,6)73-71(56)75-70(58-29-17-20-32-66(58)81-75)68-54-27-15-18-30-61(54)77(3,4)72(68)73/h7-32,34-36,38-44,52H,33,37H2,1-6H3/t52-/m1/s1. The molecule has 1 atom stereocenters. The molecule has 4 aliphatic rings. The maximum Gasteiger partial charge on any atom is 0.144 e. The Balaban J connectivity index is 0.889.